The molecule has 1 aromatic heterocycles. The number of aromatic nitrogens is 1. The van der Waals surface area contributed by atoms with Crippen molar-refractivity contribution in [2.45, 2.75) is 37.5 Å². The Bertz CT molecular complexity index is 425. The molecule has 1 fully saturated rings. The van der Waals surface area contributed by atoms with Gasteiger partial charge in [0, 0.05) is 36.8 Å². The van der Waals surface area contributed by atoms with Crippen molar-refractivity contribution in [2.75, 3.05) is 27.2 Å². The molecule has 1 aromatic rings. The van der Waals surface area contributed by atoms with Crippen LogP contribution in [0, 0.1) is 0 Å². The first-order valence-corrected chi connectivity index (χ1v) is 7.45. The van der Waals surface area contributed by atoms with Crippen LogP contribution in [0.25, 0.3) is 0 Å². The summed E-state index contributed by atoms with van der Waals surface area (Å²) in [5.74, 6) is 0.140. The summed E-state index contributed by atoms with van der Waals surface area (Å²) in [6.07, 6.45) is 7.11. The Morgan fingerprint density at radius 2 is 2.10 bits per heavy atom. The van der Waals surface area contributed by atoms with Gasteiger partial charge in [0.2, 0.25) is 5.91 Å². The number of carbonyl (C=O) groups is 1. The van der Waals surface area contributed by atoms with Gasteiger partial charge in [-0.15, -0.1) is 0 Å². The lowest BCUT2D eigenvalue weighted by molar-refractivity contribution is -0.121. The van der Waals surface area contributed by atoms with Crippen LogP contribution in [0.5, 0.6) is 0 Å². The molecule has 0 bridgehead atoms. The lowest BCUT2D eigenvalue weighted by atomic mass is 9.82. The van der Waals surface area contributed by atoms with Gasteiger partial charge >= 0.3 is 0 Å². The van der Waals surface area contributed by atoms with Crippen molar-refractivity contribution in [1.82, 2.24) is 15.2 Å². The van der Waals surface area contributed by atoms with Crippen molar-refractivity contribution in [3.63, 3.8) is 0 Å². The molecular formula is C16H25N3O. The van der Waals surface area contributed by atoms with E-state index in [-0.39, 0.29) is 11.3 Å². The number of nitrogens with one attached hydrogen (secondary N) is 1. The first kappa shape index (κ1) is 15.0. The number of hydrogen-bond donors (Lipinski definition) is 1. The number of nitrogens with zero attached hydrogens (tertiary/aromatic N) is 2. The fraction of sp³-hybridized carbons (Fsp3) is 0.625. The van der Waals surface area contributed by atoms with Gasteiger partial charge in [-0.2, -0.15) is 0 Å². The highest BCUT2D eigenvalue weighted by molar-refractivity contribution is 5.76. The second-order valence-electron chi connectivity index (χ2n) is 6.03. The Morgan fingerprint density at radius 3 is 2.70 bits per heavy atom. The van der Waals surface area contributed by atoms with Crippen LogP contribution < -0.4 is 5.32 Å². The highest BCUT2D eigenvalue weighted by Crippen LogP contribution is 2.39. The zero-order chi connectivity index (χ0) is 14.4. The average Bonchev–Trinajstić information content (AvgIpc) is 2.94. The van der Waals surface area contributed by atoms with Gasteiger partial charge in [-0.1, -0.05) is 18.9 Å². The van der Waals surface area contributed by atoms with Crippen molar-refractivity contribution < 1.29 is 4.79 Å². The summed E-state index contributed by atoms with van der Waals surface area (Å²) < 4.78 is 0. The molecule has 1 aliphatic rings. The van der Waals surface area contributed by atoms with E-state index < -0.39 is 0 Å². The minimum absolute atomic E-state index is 0.0506. The van der Waals surface area contributed by atoms with E-state index in [2.05, 4.69) is 16.4 Å². The molecular weight excluding hydrogens is 250 g/mol. The quantitative estimate of drug-likeness (QED) is 0.863. The molecule has 20 heavy (non-hydrogen) atoms. The van der Waals surface area contributed by atoms with Gasteiger partial charge in [-0.3, -0.25) is 9.78 Å². The maximum Gasteiger partial charge on any atom is 0.221 e. The fourth-order valence-corrected chi connectivity index (χ4v) is 2.93. The third-order valence-electron chi connectivity index (χ3n) is 4.18. The summed E-state index contributed by atoms with van der Waals surface area (Å²) in [5.41, 5.74) is 1.18. The SMILES string of the molecule is CN(C)CCC(=O)NCC1(c2ccccn2)CCCC1. The Hall–Kier alpha value is -1.42. The monoisotopic (exact) mass is 275 g/mol. The number of amides is 1. The molecule has 1 heterocycles. The zero-order valence-corrected chi connectivity index (χ0v) is 12.6. The third-order valence-corrected chi connectivity index (χ3v) is 4.18. The molecule has 4 heteroatoms. The van der Waals surface area contributed by atoms with Crippen molar-refractivity contribution >= 4 is 5.91 Å². The maximum atomic E-state index is 11.9. The maximum absolute atomic E-state index is 11.9. The van der Waals surface area contributed by atoms with Gasteiger partial charge in [-0.05, 0) is 39.1 Å². The summed E-state index contributed by atoms with van der Waals surface area (Å²) in [6.45, 7) is 1.51. The van der Waals surface area contributed by atoms with E-state index in [9.17, 15) is 4.79 Å². The van der Waals surface area contributed by atoms with Crippen LogP contribution in [0.4, 0.5) is 0 Å². The van der Waals surface area contributed by atoms with Gasteiger partial charge in [0.05, 0.1) is 0 Å². The molecule has 1 N–H and O–H groups in total. The highest BCUT2D eigenvalue weighted by Gasteiger charge is 2.36. The standard InChI is InChI=1S/C16H25N3O/c1-19(2)12-8-15(20)18-13-16(9-4-5-10-16)14-7-3-6-11-17-14/h3,6-7,11H,4-5,8-10,12-13H2,1-2H3,(H,18,20). The lowest BCUT2D eigenvalue weighted by Crippen LogP contribution is -2.40. The summed E-state index contributed by atoms with van der Waals surface area (Å²) in [4.78, 5) is 18.5. The van der Waals surface area contributed by atoms with Gasteiger partial charge in [0.25, 0.3) is 0 Å². The molecule has 4 nitrogen and oxygen atoms in total. The summed E-state index contributed by atoms with van der Waals surface area (Å²) in [6, 6.07) is 6.08. The van der Waals surface area contributed by atoms with E-state index in [1.54, 1.807) is 0 Å². The first-order chi connectivity index (χ1) is 9.62. The van der Waals surface area contributed by atoms with Crippen LogP contribution in [0.15, 0.2) is 24.4 Å². The minimum atomic E-state index is 0.0506. The van der Waals surface area contributed by atoms with E-state index in [0.29, 0.717) is 6.42 Å². The number of pyridine rings is 1. The molecule has 1 saturated carbocycles. The third kappa shape index (κ3) is 3.79. The molecule has 0 unspecified atom stereocenters. The minimum Gasteiger partial charge on any atom is -0.355 e. The topological polar surface area (TPSA) is 45.2 Å². The van der Waals surface area contributed by atoms with Crippen LogP contribution in [0.3, 0.4) is 0 Å². The molecule has 1 amide bonds. The van der Waals surface area contributed by atoms with Crippen molar-refractivity contribution in [1.29, 1.82) is 0 Å². The molecule has 1 aliphatic carbocycles. The predicted molar refractivity (Wildman–Crippen MR) is 80.6 cm³/mol. The van der Waals surface area contributed by atoms with E-state index in [4.69, 9.17) is 0 Å². The molecule has 110 valence electrons. The molecule has 0 spiro atoms. The van der Waals surface area contributed by atoms with Crippen LogP contribution >= 0.6 is 0 Å². The van der Waals surface area contributed by atoms with Gasteiger partial charge in [0.15, 0.2) is 0 Å². The molecule has 0 saturated heterocycles. The van der Waals surface area contributed by atoms with E-state index in [0.717, 1.165) is 31.6 Å². The zero-order valence-electron chi connectivity index (χ0n) is 12.6. The second-order valence-corrected chi connectivity index (χ2v) is 6.03. The average molecular weight is 275 g/mol. The normalized spacial score (nSPS) is 17.4. The van der Waals surface area contributed by atoms with Crippen molar-refractivity contribution in [2.24, 2.45) is 0 Å². The van der Waals surface area contributed by atoms with Gasteiger partial charge < -0.3 is 10.2 Å². The number of rotatable bonds is 6. The largest absolute Gasteiger partial charge is 0.355 e. The first-order valence-electron chi connectivity index (χ1n) is 7.45. The van der Waals surface area contributed by atoms with Crippen LogP contribution in [-0.4, -0.2) is 43.0 Å². The summed E-state index contributed by atoms with van der Waals surface area (Å²) >= 11 is 0. The highest BCUT2D eigenvalue weighted by atomic mass is 16.1. The summed E-state index contributed by atoms with van der Waals surface area (Å²) in [7, 11) is 3.97. The van der Waals surface area contributed by atoms with E-state index in [1.807, 2.05) is 37.3 Å². The van der Waals surface area contributed by atoms with Crippen molar-refractivity contribution in [3.05, 3.63) is 30.1 Å². The Morgan fingerprint density at radius 1 is 1.35 bits per heavy atom. The molecule has 0 aromatic carbocycles. The number of carbonyl (C=O) groups excluding carboxylic acids is 1. The molecule has 0 aliphatic heterocycles. The predicted octanol–water partition coefficient (Wildman–Crippen LogP) is 1.96. The number of hydrogen-bond acceptors (Lipinski definition) is 3. The Balaban J connectivity index is 1.95. The van der Waals surface area contributed by atoms with Crippen molar-refractivity contribution in [3.8, 4) is 0 Å². The fourth-order valence-electron chi connectivity index (χ4n) is 2.93. The molecule has 0 radical (unpaired) electrons. The Kier molecular flexibility index (Phi) is 5.12. The van der Waals surface area contributed by atoms with E-state index >= 15 is 0 Å². The van der Waals surface area contributed by atoms with Crippen LogP contribution in [0.1, 0.15) is 37.8 Å². The van der Waals surface area contributed by atoms with Gasteiger partial charge in [0.1, 0.15) is 0 Å². The van der Waals surface area contributed by atoms with Gasteiger partial charge in [-0.25, -0.2) is 0 Å². The van der Waals surface area contributed by atoms with Crippen LogP contribution in [0.2, 0.25) is 0 Å². The Labute approximate surface area is 121 Å². The lowest BCUT2D eigenvalue weighted by Gasteiger charge is -2.28. The van der Waals surface area contributed by atoms with E-state index in [1.165, 1.54) is 12.8 Å². The molecule has 0 atom stereocenters. The molecule has 2 rings (SSSR count). The van der Waals surface area contributed by atoms with Crippen LogP contribution in [-0.2, 0) is 10.2 Å². The smallest absolute Gasteiger partial charge is 0.221 e. The second kappa shape index (κ2) is 6.84. The summed E-state index contributed by atoms with van der Waals surface area (Å²) in [5, 5.41) is 3.11.